The van der Waals surface area contributed by atoms with Crippen LogP contribution >= 0.6 is 0 Å². The van der Waals surface area contributed by atoms with Gasteiger partial charge in [0.15, 0.2) is 11.6 Å². The highest BCUT2D eigenvalue weighted by molar-refractivity contribution is 5.94. The Morgan fingerprint density at radius 1 is 0.951 bits per heavy atom. The Kier molecular flexibility index (Phi) is 8.91. The number of hydrogen-bond acceptors (Lipinski definition) is 4. The summed E-state index contributed by atoms with van der Waals surface area (Å²) in [6.45, 7) is 7.54. The summed E-state index contributed by atoms with van der Waals surface area (Å²) in [4.78, 5) is 6.37. The third kappa shape index (κ3) is 6.02. The number of halogens is 5. The highest BCUT2D eigenvalue weighted by atomic mass is 19.4. The van der Waals surface area contributed by atoms with Gasteiger partial charge in [0.05, 0.1) is 11.1 Å². The van der Waals surface area contributed by atoms with Crippen LogP contribution in [0, 0.1) is 18.6 Å². The van der Waals surface area contributed by atoms with Gasteiger partial charge in [-0.2, -0.15) is 13.2 Å². The standard InChI is InChI=1S/C29H30F5N5.C2H6/c1-18-26(30)23(29(32,33)34)16-25(27(18)31)39-24-11-10-20(15-22(24)28(35-39)36(2)3)38-13-12-37(4)17-21(38)14-19-8-6-5-7-9-19;1-2/h5-11,15-16,21H,12-14,17H2,1-4H3;1-2H3. The van der Waals surface area contributed by atoms with Gasteiger partial charge in [-0.05, 0) is 50.2 Å². The summed E-state index contributed by atoms with van der Waals surface area (Å²) in [5, 5.41) is 5.14. The molecule has 220 valence electrons. The second-order valence-corrected chi connectivity index (χ2v) is 10.3. The fourth-order valence-electron chi connectivity index (χ4n) is 5.31. The molecule has 0 N–H and O–H groups in total. The lowest BCUT2D eigenvalue weighted by molar-refractivity contribution is -0.140. The minimum absolute atomic E-state index is 0.202. The van der Waals surface area contributed by atoms with Crippen molar-refractivity contribution < 1.29 is 22.0 Å². The molecule has 0 bridgehead atoms. The van der Waals surface area contributed by atoms with E-state index < -0.39 is 34.6 Å². The number of piperazine rings is 1. The van der Waals surface area contributed by atoms with Gasteiger partial charge in [-0.3, -0.25) is 0 Å². The van der Waals surface area contributed by atoms with Gasteiger partial charge in [0.1, 0.15) is 11.5 Å². The van der Waals surface area contributed by atoms with Crippen molar-refractivity contribution in [3.05, 3.63) is 82.9 Å². The second-order valence-electron chi connectivity index (χ2n) is 10.3. The van der Waals surface area contributed by atoms with E-state index in [1.54, 1.807) is 25.1 Å². The van der Waals surface area contributed by atoms with Crippen LogP contribution in [0.1, 0.15) is 30.5 Å². The van der Waals surface area contributed by atoms with Crippen LogP contribution in [0.25, 0.3) is 16.6 Å². The monoisotopic (exact) mass is 573 g/mol. The van der Waals surface area contributed by atoms with Crippen molar-refractivity contribution in [3.63, 3.8) is 0 Å². The first kappa shape index (κ1) is 30.3. The van der Waals surface area contributed by atoms with Crippen LogP contribution in [0.2, 0.25) is 0 Å². The molecule has 1 atom stereocenters. The van der Waals surface area contributed by atoms with Gasteiger partial charge >= 0.3 is 6.18 Å². The molecule has 1 aliphatic heterocycles. The molecule has 3 aromatic carbocycles. The Morgan fingerprint density at radius 3 is 2.27 bits per heavy atom. The van der Waals surface area contributed by atoms with Gasteiger partial charge in [0.2, 0.25) is 0 Å². The third-order valence-electron chi connectivity index (χ3n) is 7.33. The van der Waals surface area contributed by atoms with E-state index in [1.807, 2.05) is 44.2 Å². The molecule has 1 unspecified atom stereocenters. The van der Waals surface area contributed by atoms with Crippen molar-refractivity contribution in [2.24, 2.45) is 0 Å². The van der Waals surface area contributed by atoms with E-state index in [4.69, 9.17) is 0 Å². The lowest BCUT2D eigenvalue weighted by Crippen LogP contribution is -2.53. The van der Waals surface area contributed by atoms with E-state index in [9.17, 15) is 17.6 Å². The van der Waals surface area contributed by atoms with E-state index in [2.05, 4.69) is 34.1 Å². The minimum Gasteiger partial charge on any atom is -0.366 e. The lowest BCUT2D eigenvalue weighted by Gasteiger charge is -2.42. The first-order valence-corrected chi connectivity index (χ1v) is 13.7. The Balaban J connectivity index is 0.00000189. The molecule has 1 aliphatic rings. The van der Waals surface area contributed by atoms with Crippen molar-refractivity contribution in [3.8, 4) is 5.69 Å². The Labute approximate surface area is 237 Å². The zero-order chi connectivity index (χ0) is 30.1. The minimum atomic E-state index is -4.98. The molecule has 41 heavy (non-hydrogen) atoms. The van der Waals surface area contributed by atoms with Crippen LogP contribution in [0.3, 0.4) is 0 Å². The van der Waals surface area contributed by atoms with E-state index >= 15 is 4.39 Å². The molecule has 0 amide bonds. The summed E-state index contributed by atoms with van der Waals surface area (Å²) in [7, 11) is 5.63. The van der Waals surface area contributed by atoms with Gasteiger partial charge in [-0.15, -0.1) is 5.10 Å². The van der Waals surface area contributed by atoms with Gasteiger partial charge in [0.25, 0.3) is 0 Å². The maximum absolute atomic E-state index is 15.2. The first-order chi connectivity index (χ1) is 19.5. The molecule has 1 fully saturated rings. The normalized spacial score (nSPS) is 16.1. The molecule has 5 rings (SSSR count). The highest BCUT2D eigenvalue weighted by Crippen LogP contribution is 2.38. The average Bonchev–Trinajstić information content (AvgIpc) is 3.32. The largest absolute Gasteiger partial charge is 0.419 e. The zero-order valence-electron chi connectivity index (χ0n) is 24.2. The third-order valence-corrected chi connectivity index (χ3v) is 7.33. The fourth-order valence-corrected chi connectivity index (χ4v) is 5.31. The molecule has 4 aromatic rings. The van der Waals surface area contributed by atoms with E-state index in [0.29, 0.717) is 22.8 Å². The van der Waals surface area contributed by atoms with Crippen molar-refractivity contribution >= 4 is 22.4 Å². The van der Waals surface area contributed by atoms with Gasteiger partial charge in [-0.25, -0.2) is 13.5 Å². The second kappa shape index (κ2) is 12.1. The predicted molar refractivity (Wildman–Crippen MR) is 155 cm³/mol. The molecule has 0 aliphatic carbocycles. The number of aromatic nitrogens is 2. The number of nitrogens with zero attached hydrogens (tertiary/aromatic N) is 5. The van der Waals surface area contributed by atoms with Crippen molar-refractivity contribution in [1.29, 1.82) is 0 Å². The maximum atomic E-state index is 15.2. The lowest BCUT2D eigenvalue weighted by atomic mass is 10.0. The van der Waals surface area contributed by atoms with Crippen LogP contribution < -0.4 is 9.80 Å². The topological polar surface area (TPSA) is 27.5 Å². The molecule has 2 heterocycles. The van der Waals surface area contributed by atoms with Gasteiger partial charge < -0.3 is 14.7 Å². The molecule has 10 heteroatoms. The average molecular weight is 574 g/mol. The highest BCUT2D eigenvalue weighted by Gasteiger charge is 2.37. The first-order valence-electron chi connectivity index (χ1n) is 13.7. The maximum Gasteiger partial charge on any atom is 0.419 e. The summed E-state index contributed by atoms with van der Waals surface area (Å²) < 4.78 is 71.5. The molecule has 1 aromatic heterocycles. The fraction of sp³-hybridized carbons (Fsp3) is 0.387. The summed E-state index contributed by atoms with van der Waals surface area (Å²) in [5.41, 5.74) is -0.0704. The summed E-state index contributed by atoms with van der Waals surface area (Å²) >= 11 is 0. The summed E-state index contributed by atoms with van der Waals surface area (Å²) in [6, 6.07) is 16.5. The van der Waals surface area contributed by atoms with Gasteiger partial charge in [0, 0.05) is 56.4 Å². The zero-order valence-corrected chi connectivity index (χ0v) is 24.2. The van der Waals surface area contributed by atoms with Crippen LogP contribution in [-0.4, -0.2) is 61.5 Å². The van der Waals surface area contributed by atoms with Crippen LogP contribution in [0.15, 0.2) is 54.6 Å². The number of hydrogen-bond donors (Lipinski definition) is 0. The smallest absolute Gasteiger partial charge is 0.366 e. The number of likely N-dealkylation sites (N-methyl/N-ethyl adjacent to an activating group) is 1. The Bertz CT molecular complexity index is 1500. The molecule has 0 spiro atoms. The van der Waals surface area contributed by atoms with Crippen molar-refractivity contribution in [1.82, 2.24) is 14.7 Å². The van der Waals surface area contributed by atoms with Crippen LogP contribution in [0.5, 0.6) is 0 Å². The molecular formula is C31H36F5N5. The summed E-state index contributed by atoms with van der Waals surface area (Å²) in [6.07, 6.45) is -4.13. The number of anilines is 2. The molecule has 1 saturated heterocycles. The predicted octanol–water partition coefficient (Wildman–Crippen LogP) is 7.09. The van der Waals surface area contributed by atoms with Crippen LogP contribution in [0.4, 0.5) is 33.5 Å². The number of rotatable bonds is 5. The number of fused-ring (bicyclic) bond motifs is 1. The van der Waals surface area contributed by atoms with Crippen molar-refractivity contribution in [2.45, 2.75) is 39.4 Å². The number of benzene rings is 3. The SMILES string of the molecule is CC.Cc1c(F)c(-n2nc(N(C)C)c3cc(N4CCN(C)CC4Cc4ccccc4)ccc32)cc(C(F)(F)F)c1F. The van der Waals surface area contributed by atoms with E-state index in [1.165, 1.54) is 5.56 Å². The number of alkyl halides is 3. The van der Waals surface area contributed by atoms with Crippen molar-refractivity contribution in [2.75, 3.05) is 50.6 Å². The summed E-state index contributed by atoms with van der Waals surface area (Å²) in [5.74, 6) is -2.23. The van der Waals surface area contributed by atoms with E-state index in [0.717, 1.165) is 43.3 Å². The van der Waals surface area contributed by atoms with Gasteiger partial charge in [-0.1, -0.05) is 44.2 Å². The molecule has 5 nitrogen and oxygen atoms in total. The molecular weight excluding hydrogens is 537 g/mol. The Morgan fingerprint density at radius 2 is 1.63 bits per heavy atom. The van der Waals surface area contributed by atoms with Crippen LogP contribution in [-0.2, 0) is 12.6 Å². The Hall–Kier alpha value is -3.66. The quantitative estimate of drug-likeness (QED) is 0.239. The molecule has 0 radical (unpaired) electrons. The molecule has 0 saturated carbocycles. The van der Waals surface area contributed by atoms with E-state index in [-0.39, 0.29) is 6.04 Å².